The smallest absolute Gasteiger partial charge is 0.248 e. The maximum Gasteiger partial charge on any atom is 0.248 e. The van der Waals surface area contributed by atoms with Gasteiger partial charge in [-0.1, -0.05) is 17.7 Å². The lowest BCUT2D eigenvalue weighted by Crippen LogP contribution is -2.36. The standard InChI is InChI=1S/C21H29N3O2/c1-15-9-16(2)19(17(3)10-15)12-23-8-7-22-20(23)13-24(11-18-5-6-18)21(25)14-26-4/h7-10,18H,5-6,11-14H2,1-4H3. The molecular weight excluding hydrogens is 326 g/mol. The number of hydrogen-bond acceptors (Lipinski definition) is 3. The number of aromatic nitrogens is 2. The quantitative estimate of drug-likeness (QED) is 0.730. The van der Waals surface area contributed by atoms with Crippen molar-refractivity contribution in [3.8, 4) is 0 Å². The number of benzene rings is 1. The first-order valence-corrected chi connectivity index (χ1v) is 9.31. The van der Waals surface area contributed by atoms with Crippen LogP contribution in [0.15, 0.2) is 24.5 Å². The highest BCUT2D eigenvalue weighted by atomic mass is 16.5. The second kappa shape index (κ2) is 8.04. The number of aryl methyl sites for hydroxylation is 3. The van der Waals surface area contributed by atoms with Crippen LogP contribution in [0.25, 0.3) is 0 Å². The van der Waals surface area contributed by atoms with E-state index < -0.39 is 0 Å². The lowest BCUT2D eigenvalue weighted by molar-refractivity contribution is -0.136. The molecule has 0 saturated heterocycles. The highest BCUT2D eigenvalue weighted by Gasteiger charge is 2.27. The van der Waals surface area contributed by atoms with Crippen LogP contribution in [0.3, 0.4) is 0 Å². The monoisotopic (exact) mass is 355 g/mol. The first-order valence-electron chi connectivity index (χ1n) is 9.31. The van der Waals surface area contributed by atoms with Gasteiger partial charge in [-0.15, -0.1) is 0 Å². The number of imidazole rings is 1. The largest absolute Gasteiger partial charge is 0.375 e. The second-order valence-corrected chi connectivity index (χ2v) is 7.50. The molecular formula is C21H29N3O2. The predicted molar refractivity (Wildman–Crippen MR) is 102 cm³/mol. The molecule has 1 heterocycles. The molecule has 0 spiro atoms. The van der Waals surface area contributed by atoms with Crippen LogP contribution in [0.5, 0.6) is 0 Å². The second-order valence-electron chi connectivity index (χ2n) is 7.50. The van der Waals surface area contributed by atoms with Gasteiger partial charge in [0.15, 0.2) is 0 Å². The fourth-order valence-electron chi connectivity index (χ4n) is 3.52. The van der Waals surface area contributed by atoms with Crippen molar-refractivity contribution in [3.05, 3.63) is 52.6 Å². The highest BCUT2D eigenvalue weighted by Crippen LogP contribution is 2.30. The Hall–Kier alpha value is -2.14. The summed E-state index contributed by atoms with van der Waals surface area (Å²) >= 11 is 0. The van der Waals surface area contributed by atoms with Crippen molar-refractivity contribution in [2.45, 2.75) is 46.7 Å². The Morgan fingerprint density at radius 1 is 1.27 bits per heavy atom. The number of carbonyl (C=O) groups excluding carboxylic acids is 1. The third-order valence-corrected chi connectivity index (χ3v) is 5.10. The fraction of sp³-hybridized carbons (Fsp3) is 0.524. The van der Waals surface area contributed by atoms with Crippen LogP contribution >= 0.6 is 0 Å². The van der Waals surface area contributed by atoms with Gasteiger partial charge in [0.2, 0.25) is 5.91 Å². The molecule has 0 N–H and O–H groups in total. The van der Waals surface area contributed by atoms with E-state index in [-0.39, 0.29) is 12.5 Å². The van der Waals surface area contributed by atoms with E-state index in [0.717, 1.165) is 18.9 Å². The lowest BCUT2D eigenvalue weighted by Gasteiger charge is -2.23. The summed E-state index contributed by atoms with van der Waals surface area (Å²) < 4.78 is 7.21. The van der Waals surface area contributed by atoms with Crippen LogP contribution in [0.2, 0.25) is 0 Å². The van der Waals surface area contributed by atoms with E-state index in [9.17, 15) is 4.79 Å². The number of nitrogens with zero attached hydrogens (tertiary/aromatic N) is 3. The predicted octanol–water partition coefficient (Wildman–Crippen LogP) is 3.24. The van der Waals surface area contributed by atoms with Crippen LogP contribution in [0, 0.1) is 26.7 Å². The van der Waals surface area contributed by atoms with Crippen molar-refractivity contribution in [2.24, 2.45) is 5.92 Å². The normalized spacial score (nSPS) is 13.8. The molecule has 2 aromatic rings. The SMILES string of the molecule is COCC(=O)N(Cc1nccn1Cc1c(C)cc(C)cc1C)CC1CC1. The average Bonchev–Trinajstić information content (AvgIpc) is 3.28. The third-order valence-electron chi connectivity index (χ3n) is 5.10. The van der Waals surface area contributed by atoms with Crippen molar-refractivity contribution in [1.82, 2.24) is 14.5 Å². The maximum atomic E-state index is 12.4. The molecule has 1 aromatic heterocycles. The molecule has 0 radical (unpaired) electrons. The van der Waals surface area contributed by atoms with Gasteiger partial charge in [-0.3, -0.25) is 4.79 Å². The van der Waals surface area contributed by atoms with Crippen molar-refractivity contribution in [3.63, 3.8) is 0 Å². The van der Waals surface area contributed by atoms with Crippen LogP contribution in [-0.4, -0.2) is 40.6 Å². The molecule has 0 bridgehead atoms. The van der Waals surface area contributed by atoms with Crippen molar-refractivity contribution in [2.75, 3.05) is 20.3 Å². The molecule has 1 aliphatic rings. The molecule has 1 fully saturated rings. The van der Waals surface area contributed by atoms with Crippen molar-refractivity contribution < 1.29 is 9.53 Å². The summed E-state index contributed by atoms with van der Waals surface area (Å²) in [5.74, 6) is 1.60. The number of amides is 1. The van der Waals surface area contributed by atoms with Gasteiger partial charge in [-0.2, -0.15) is 0 Å². The Balaban J connectivity index is 1.78. The zero-order valence-corrected chi connectivity index (χ0v) is 16.3. The minimum Gasteiger partial charge on any atom is -0.375 e. The summed E-state index contributed by atoms with van der Waals surface area (Å²) in [6.07, 6.45) is 6.26. The molecule has 3 rings (SSSR count). The topological polar surface area (TPSA) is 47.4 Å². The van der Waals surface area contributed by atoms with Crippen LogP contribution < -0.4 is 0 Å². The third kappa shape index (κ3) is 4.52. The molecule has 5 nitrogen and oxygen atoms in total. The Labute approximate surface area is 156 Å². The molecule has 1 amide bonds. The van der Waals surface area contributed by atoms with Gasteiger partial charge in [0, 0.05) is 32.6 Å². The number of rotatable bonds is 8. The highest BCUT2D eigenvalue weighted by molar-refractivity contribution is 5.77. The molecule has 1 aliphatic carbocycles. The zero-order chi connectivity index (χ0) is 18.7. The number of hydrogen-bond donors (Lipinski definition) is 0. The van der Waals surface area contributed by atoms with Gasteiger partial charge in [-0.05, 0) is 56.2 Å². The summed E-state index contributed by atoms with van der Waals surface area (Å²) in [4.78, 5) is 18.8. The van der Waals surface area contributed by atoms with Crippen molar-refractivity contribution >= 4 is 5.91 Å². The molecule has 26 heavy (non-hydrogen) atoms. The summed E-state index contributed by atoms with van der Waals surface area (Å²) in [7, 11) is 1.57. The Morgan fingerprint density at radius 3 is 2.58 bits per heavy atom. The number of ether oxygens (including phenoxy) is 1. The van der Waals surface area contributed by atoms with Gasteiger partial charge in [0.1, 0.15) is 12.4 Å². The average molecular weight is 355 g/mol. The first kappa shape index (κ1) is 18.6. The van der Waals surface area contributed by atoms with E-state index in [0.29, 0.717) is 12.5 Å². The summed E-state index contributed by atoms with van der Waals surface area (Å²) in [6.45, 7) is 8.70. The number of carbonyl (C=O) groups is 1. The van der Waals surface area contributed by atoms with Crippen molar-refractivity contribution in [1.29, 1.82) is 0 Å². The van der Waals surface area contributed by atoms with E-state index in [2.05, 4.69) is 42.5 Å². The molecule has 1 saturated carbocycles. The van der Waals surface area contributed by atoms with E-state index in [4.69, 9.17) is 4.74 Å². The summed E-state index contributed by atoms with van der Waals surface area (Å²) in [5.41, 5.74) is 5.21. The van der Waals surface area contributed by atoms with Gasteiger partial charge < -0.3 is 14.2 Å². The van der Waals surface area contributed by atoms with E-state index in [1.807, 2.05) is 17.3 Å². The van der Waals surface area contributed by atoms with E-state index in [1.165, 1.54) is 35.1 Å². The van der Waals surface area contributed by atoms with E-state index in [1.54, 1.807) is 7.11 Å². The Kier molecular flexibility index (Phi) is 5.77. The van der Waals surface area contributed by atoms with Gasteiger partial charge in [0.25, 0.3) is 0 Å². The Bertz CT molecular complexity index is 754. The van der Waals surface area contributed by atoms with Gasteiger partial charge in [-0.25, -0.2) is 4.98 Å². The molecule has 5 heteroatoms. The van der Waals surface area contributed by atoms with Gasteiger partial charge >= 0.3 is 0 Å². The van der Waals surface area contributed by atoms with E-state index >= 15 is 0 Å². The molecule has 0 aliphatic heterocycles. The fourth-order valence-corrected chi connectivity index (χ4v) is 3.52. The molecule has 1 aromatic carbocycles. The maximum absolute atomic E-state index is 12.4. The minimum atomic E-state index is 0.0386. The molecule has 0 atom stereocenters. The first-order chi connectivity index (χ1) is 12.5. The van der Waals surface area contributed by atoms with Crippen LogP contribution in [0.4, 0.5) is 0 Å². The number of methoxy groups -OCH3 is 1. The minimum absolute atomic E-state index is 0.0386. The molecule has 0 unspecified atom stereocenters. The lowest BCUT2D eigenvalue weighted by atomic mass is 10.00. The zero-order valence-electron chi connectivity index (χ0n) is 16.3. The Morgan fingerprint density at radius 2 is 1.96 bits per heavy atom. The van der Waals surface area contributed by atoms with Gasteiger partial charge in [0.05, 0.1) is 6.54 Å². The van der Waals surface area contributed by atoms with Crippen LogP contribution in [0.1, 0.15) is 40.9 Å². The summed E-state index contributed by atoms with van der Waals surface area (Å²) in [5, 5.41) is 0. The molecule has 140 valence electrons. The summed E-state index contributed by atoms with van der Waals surface area (Å²) in [6, 6.07) is 4.45. The van der Waals surface area contributed by atoms with Crippen LogP contribution in [-0.2, 0) is 22.6 Å².